The van der Waals surface area contributed by atoms with Gasteiger partial charge in [-0.3, -0.25) is 4.79 Å². The van der Waals surface area contributed by atoms with Crippen molar-refractivity contribution in [3.05, 3.63) is 64.8 Å². The van der Waals surface area contributed by atoms with Crippen molar-refractivity contribution in [2.24, 2.45) is 0 Å². The molecule has 5 heteroatoms. The molecular formula is C16H12FNO2S. The van der Waals surface area contributed by atoms with Crippen LogP contribution in [0.4, 0.5) is 10.1 Å². The molecule has 0 aliphatic heterocycles. The summed E-state index contributed by atoms with van der Waals surface area (Å²) < 4.78 is 14.4. The van der Waals surface area contributed by atoms with Crippen LogP contribution in [0, 0.1) is 5.82 Å². The third-order valence-corrected chi connectivity index (χ3v) is 4.27. The van der Waals surface area contributed by atoms with E-state index in [-0.39, 0.29) is 18.3 Å². The Morgan fingerprint density at radius 1 is 1.19 bits per heavy atom. The Morgan fingerprint density at radius 3 is 2.76 bits per heavy atom. The standard InChI is InChI=1S/C16H12FNO2S/c17-12-5-3-7-14-11(12)8-15(21-14)16(20)18-13-6-2-1-4-10(13)9-19/h1-8,19H,9H2,(H,18,20). The van der Waals surface area contributed by atoms with Gasteiger partial charge in [-0.2, -0.15) is 0 Å². The Morgan fingerprint density at radius 2 is 2.00 bits per heavy atom. The van der Waals surface area contributed by atoms with Crippen molar-refractivity contribution in [3.8, 4) is 0 Å². The van der Waals surface area contributed by atoms with Crippen LogP contribution in [0.15, 0.2) is 48.5 Å². The molecule has 3 rings (SSSR count). The Labute approximate surface area is 124 Å². The number of para-hydroxylation sites is 1. The first-order valence-corrected chi connectivity index (χ1v) is 7.19. The molecule has 0 bridgehead atoms. The van der Waals surface area contributed by atoms with Crippen LogP contribution in [-0.2, 0) is 6.61 Å². The van der Waals surface area contributed by atoms with E-state index in [1.807, 2.05) is 0 Å². The van der Waals surface area contributed by atoms with Gasteiger partial charge < -0.3 is 10.4 Å². The zero-order chi connectivity index (χ0) is 14.8. The van der Waals surface area contributed by atoms with Gasteiger partial charge in [0.1, 0.15) is 5.82 Å². The molecule has 0 spiro atoms. The molecule has 0 saturated carbocycles. The van der Waals surface area contributed by atoms with Crippen LogP contribution in [0.1, 0.15) is 15.2 Å². The normalized spacial score (nSPS) is 10.8. The fourth-order valence-corrected chi connectivity index (χ4v) is 3.07. The van der Waals surface area contributed by atoms with E-state index in [9.17, 15) is 14.3 Å². The molecule has 1 amide bonds. The van der Waals surface area contributed by atoms with Crippen molar-refractivity contribution in [1.82, 2.24) is 0 Å². The Balaban J connectivity index is 1.92. The number of nitrogens with one attached hydrogen (secondary N) is 1. The van der Waals surface area contributed by atoms with Crippen LogP contribution in [0.5, 0.6) is 0 Å². The van der Waals surface area contributed by atoms with E-state index in [0.29, 0.717) is 21.5 Å². The smallest absolute Gasteiger partial charge is 0.265 e. The maximum absolute atomic E-state index is 13.7. The number of hydrogen-bond donors (Lipinski definition) is 2. The number of benzene rings is 2. The summed E-state index contributed by atoms with van der Waals surface area (Å²) in [6, 6.07) is 13.3. The molecule has 0 aliphatic rings. The number of carbonyl (C=O) groups excluding carboxylic acids is 1. The maximum Gasteiger partial charge on any atom is 0.265 e. The van der Waals surface area contributed by atoms with Gasteiger partial charge >= 0.3 is 0 Å². The predicted octanol–water partition coefficient (Wildman–Crippen LogP) is 3.79. The molecular weight excluding hydrogens is 289 g/mol. The third-order valence-electron chi connectivity index (χ3n) is 3.17. The van der Waals surface area contributed by atoms with E-state index in [2.05, 4.69) is 5.32 Å². The van der Waals surface area contributed by atoms with E-state index in [1.54, 1.807) is 42.5 Å². The average Bonchev–Trinajstić information content (AvgIpc) is 2.93. The summed E-state index contributed by atoms with van der Waals surface area (Å²) >= 11 is 1.24. The SMILES string of the molecule is O=C(Nc1ccccc1CO)c1cc2c(F)cccc2s1. The number of carbonyl (C=O) groups is 1. The molecule has 3 aromatic rings. The van der Waals surface area contributed by atoms with E-state index in [0.717, 1.165) is 4.70 Å². The molecule has 0 unspecified atom stereocenters. The van der Waals surface area contributed by atoms with E-state index >= 15 is 0 Å². The highest BCUT2D eigenvalue weighted by Gasteiger charge is 2.13. The summed E-state index contributed by atoms with van der Waals surface area (Å²) in [5.74, 6) is -0.643. The first-order valence-electron chi connectivity index (χ1n) is 6.37. The highest BCUT2D eigenvalue weighted by atomic mass is 32.1. The third kappa shape index (κ3) is 2.66. The number of aliphatic hydroxyl groups is 1. The van der Waals surface area contributed by atoms with E-state index < -0.39 is 0 Å². The lowest BCUT2D eigenvalue weighted by molar-refractivity contribution is 0.103. The van der Waals surface area contributed by atoms with Gasteiger partial charge in [0, 0.05) is 21.3 Å². The topological polar surface area (TPSA) is 49.3 Å². The van der Waals surface area contributed by atoms with Gasteiger partial charge in [-0.05, 0) is 24.3 Å². The minimum atomic E-state index is -0.335. The van der Waals surface area contributed by atoms with Crippen LogP contribution in [0.25, 0.3) is 10.1 Å². The lowest BCUT2D eigenvalue weighted by Crippen LogP contribution is -2.11. The lowest BCUT2D eigenvalue weighted by atomic mass is 10.2. The Kier molecular flexibility index (Phi) is 3.68. The second kappa shape index (κ2) is 5.63. The molecule has 21 heavy (non-hydrogen) atoms. The number of halogens is 1. The van der Waals surface area contributed by atoms with Crippen molar-refractivity contribution in [2.45, 2.75) is 6.61 Å². The number of amides is 1. The van der Waals surface area contributed by atoms with Gasteiger partial charge in [-0.15, -0.1) is 11.3 Å². The molecule has 3 nitrogen and oxygen atoms in total. The number of rotatable bonds is 3. The van der Waals surface area contributed by atoms with Gasteiger partial charge in [-0.1, -0.05) is 24.3 Å². The quantitative estimate of drug-likeness (QED) is 0.773. The Bertz CT molecular complexity index is 813. The molecule has 0 saturated heterocycles. The summed E-state index contributed by atoms with van der Waals surface area (Å²) in [7, 11) is 0. The van der Waals surface area contributed by atoms with Crippen LogP contribution in [0.2, 0.25) is 0 Å². The summed E-state index contributed by atoms with van der Waals surface area (Å²) in [5, 5.41) is 12.4. The molecule has 0 atom stereocenters. The van der Waals surface area contributed by atoms with Gasteiger partial charge in [0.25, 0.3) is 5.91 Å². The van der Waals surface area contributed by atoms with E-state index in [4.69, 9.17) is 0 Å². The minimum Gasteiger partial charge on any atom is -0.392 e. The second-order valence-corrected chi connectivity index (χ2v) is 5.62. The summed E-state index contributed by atoms with van der Waals surface area (Å²) in [6.07, 6.45) is 0. The van der Waals surface area contributed by atoms with Crippen molar-refractivity contribution in [2.75, 3.05) is 5.32 Å². The monoisotopic (exact) mass is 301 g/mol. The van der Waals surface area contributed by atoms with Gasteiger partial charge in [0.15, 0.2) is 0 Å². The summed E-state index contributed by atoms with van der Waals surface area (Å²) in [4.78, 5) is 12.7. The number of fused-ring (bicyclic) bond motifs is 1. The molecule has 0 radical (unpaired) electrons. The predicted molar refractivity (Wildman–Crippen MR) is 82.1 cm³/mol. The number of aliphatic hydroxyl groups excluding tert-OH is 1. The largest absolute Gasteiger partial charge is 0.392 e. The molecule has 2 aromatic carbocycles. The average molecular weight is 301 g/mol. The number of anilines is 1. The van der Waals surface area contributed by atoms with Crippen LogP contribution in [0.3, 0.4) is 0 Å². The fourth-order valence-electron chi connectivity index (χ4n) is 2.10. The molecule has 1 aromatic heterocycles. The van der Waals surface area contributed by atoms with Crippen molar-refractivity contribution in [1.29, 1.82) is 0 Å². The molecule has 106 valence electrons. The van der Waals surface area contributed by atoms with Gasteiger partial charge in [0.2, 0.25) is 0 Å². The van der Waals surface area contributed by atoms with Crippen LogP contribution in [-0.4, -0.2) is 11.0 Å². The first kappa shape index (κ1) is 13.7. The van der Waals surface area contributed by atoms with E-state index in [1.165, 1.54) is 17.4 Å². The van der Waals surface area contributed by atoms with Crippen LogP contribution < -0.4 is 5.32 Å². The summed E-state index contributed by atoms with van der Waals surface area (Å²) in [5.41, 5.74) is 1.20. The van der Waals surface area contributed by atoms with Gasteiger partial charge in [-0.25, -0.2) is 4.39 Å². The second-order valence-electron chi connectivity index (χ2n) is 4.53. The van der Waals surface area contributed by atoms with Crippen LogP contribution >= 0.6 is 11.3 Å². The number of thiophene rings is 1. The first-order chi connectivity index (χ1) is 10.2. The lowest BCUT2D eigenvalue weighted by Gasteiger charge is -2.07. The fraction of sp³-hybridized carbons (Fsp3) is 0.0625. The molecule has 1 heterocycles. The van der Waals surface area contributed by atoms with Crippen molar-refractivity contribution < 1.29 is 14.3 Å². The zero-order valence-electron chi connectivity index (χ0n) is 11.0. The van der Waals surface area contributed by atoms with Crippen molar-refractivity contribution >= 4 is 33.0 Å². The number of hydrogen-bond acceptors (Lipinski definition) is 3. The Hall–Kier alpha value is -2.24. The maximum atomic E-state index is 13.7. The molecule has 0 aliphatic carbocycles. The zero-order valence-corrected chi connectivity index (χ0v) is 11.8. The minimum absolute atomic E-state index is 0.155. The van der Waals surface area contributed by atoms with Gasteiger partial charge in [0.05, 0.1) is 11.5 Å². The highest BCUT2D eigenvalue weighted by molar-refractivity contribution is 7.20. The summed E-state index contributed by atoms with van der Waals surface area (Å²) in [6.45, 7) is -0.155. The molecule has 2 N–H and O–H groups in total. The highest BCUT2D eigenvalue weighted by Crippen LogP contribution is 2.28. The van der Waals surface area contributed by atoms with Crippen molar-refractivity contribution in [3.63, 3.8) is 0 Å². The molecule has 0 fully saturated rings.